The number of nitrogens with zero attached hydrogens (tertiary/aromatic N) is 3. The molecular weight excluding hydrogens is 286 g/mol. The fourth-order valence-electron chi connectivity index (χ4n) is 2.06. The van der Waals surface area contributed by atoms with Gasteiger partial charge in [-0.15, -0.1) is 0 Å². The monoisotopic (exact) mass is 301 g/mol. The number of methoxy groups -OCH3 is 2. The number of aryl methyl sites for hydroxylation is 1. The van der Waals surface area contributed by atoms with Gasteiger partial charge < -0.3 is 18.5 Å². The van der Waals surface area contributed by atoms with Crippen LogP contribution in [-0.4, -0.2) is 29.5 Å². The molecule has 7 nitrogen and oxygen atoms in total. The van der Waals surface area contributed by atoms with E-state index in [1.807, 2.05) is 25.1 Å². The molecule has 0 N–H and O–H groups in total. The molecule has 114 valence electrons. The Hall–Kier alpha value is -2.83. The van der Waals surface area contributed by atoms with Crippen LogP contribution in [0.2, 0.25) is 0 Å². The second-order valence-electron chi connectivity index (χ2n) is 4.71. The average Bonchev–Trinajstić information content (AvgIpc) is 3.16. The predicted molar refractivity (Wildman–Crippen MR) is 76.9 cm³/mol. The minimum absolute atomic E-state index is 0.316. The van der Waals surface area contributed by atoms with Gasteiger partial charge in [0, 0.05) is 12.5 Å². The Labute approximate surface area is 126 Å². The van der Waals surface area contributed by atoms with Gasteiger partial charge in [-0.25, -0.2) is 0 Å². The lowest BCUT2D eigenvalue weighted by Crippen LogP contribution is -1.95. The van der Waals surface area contributed by atoms with Gasteiger partial charge in [0.25, 0.3) is 5.89 Å². The van der Waals surface area contributed by atoms with Crippen molar-refractivity contribution in [3.63, 3.8) is 0 Å². The van der Waals surface area contributed by atoms with Crippen LogP contribution in [-0.2, 0) is 6.42 Å². The van der Waals surface area contributed by atoms with Crippen LogP contribution in [0.5, 0.6) is 11.5 Å². The molecule has 0 spiro atoms. The summed E-state index contributed by atoms with van der Waals surface area (Å²) >= 11 is 0. The number of hydrogen-bond donors (Lipinski definition) is 0. The standard InChI is InChI=1S/C15H15N3O4/c1-9-6-13(21-17-9)15-16-14(18-22-15)8-10-4-5-11(19-2)12(7-10)20-3/h4-7H,8H2,1-3H3. The van der Waals surface area contributed by atoms with Crippen molar-refractivity contribution in [1.82, 2.24) is 15.3 Å². The number of ether oxygens (including phenoxy) is 2. The summed E-state index contributed by atoms with van der Waals surface area (Å²) in [5.41, 5.74) is 1.74. The third kappa shape index (κ3) is 2.78. The summed E-state index contributed by atoms with van der Waals surface area (Å²) in [5, 5.41) is 7.74. The van der Waals surface area contributed by atoms with E-state index in [0.29, 0.717) is 35.4 Å². The van der Waals surface area contributed by atoms with E-state index in [1.165, 1.54) is 0 Å². The number of rotatable bonds is 5. The molecule has 3 aromatic rings. The van der Waals surface area contributed by atoms with Gasteiger partial charge in [-0.3, -0.25) is 0 Å². The Morgan fingerprint density at radius 2 is 1.82 bits per heavy atom. The molecule has 2 heterocycles. The van der Waals surface area contributed by atoms with Crippen LogP contribution in [0.25, 0.3) is 11.7 Å². The van der Waals surface area contributed by atoms with Crippen LogP contribution in [0.3, 0.4) is 0 Å². The van der Waals surface area contributed by atoms with E-state index in [0.717, 1.165) is 11.3 Å². The predicted octanol–water partition coefficient (Wildman–Crippen LogP) is 2.64. The molecular formula is C15H15N3O4. The first-order valence-electron chi connectivity index (χ1n) is 6.67. The van der Waals surface area contributed by atoms with Crippen LogP contribution in [0.15, 0.2) is 33.3 Å². The Balaban J connectivity index is 1.80. The van der Waals surface area contributed by atoms with E-state index in [-0.39, 0.29) is 0 Å². The molecule has 0 fully saturated rings. The van der Waals surface area contributed by atoms with E-state index in [2.05, 4.69) is 15.3 Å². The van der Waals surface area contributed by atoms with Crippen molar-refractivity contribution in [1.29, 1.82) is 0 Å². The SMILES string of the molecule is COc1ccc(Cc2noc(-c3cc(C)no3)n2)cc1OC. The van der Waals surface area contributed by atoms with Crippen LogP contribution >= 0.6 is 0 Å². The summed E-state index contributed by atoms with van der Waals surface area (Å²) < 4.78 is 20.8. The van der Waals surface area contributed by atoms with Crippen molar-refractivity contribution in [3.05, 3.63) is 41.3 Å². The van der Waals surface area contributed by atoms with Crippen molar-refractivity contribution in [2.75, 3.05) is 14.2 Å². The van der Waals surface area contributed by atoms with Crippen LogP contribution < -0.4 is 9.47 Å². The lowest BCUT2D eigenvalue weighted by molar-refractivity contribution is 0.354. The highest BCUT2D eigenvalue weighted by atomic mass is 16.5. The summed E-state index contributed by atoms with van der Waals surface area (Å²) in [4.78, 5) is 4.30. The molecule has 2 aromatic heterocycles. The number of hydrogen-bond acceptors (Lipinski definition) is 7. The maximum atomic E-state index is 5.28. The van der Waals surface area contributed by atoms with E-state index in [1.54, 1.807) is 20.3 Å². The number of benzene rings is 1. The largest absolute Gasteiger partial charge is 0.493 e. The lowest BCUT2D eigenvalue weighted by atomic mass is 10.1. The topological polar surface area (TPSA) is 83.4 Å². The average molecular weight is 301 g/mol. The van der Waals surface area contributed by atoms with Crippen molar-refractivity contribution >= 4 is 0 Å². The van der Waals surface area contributed by atoms with Gasteiger partial charge >= 0.3 is 0 Å². The molecule has 1 aromatic carbocycles. The summed E-state index contributed by atoms with van der Waals surface area (Å²) in [6.45, 7) is 1.83. The van der Waals surface area contributed by atoms with Crippen molar-refractivity contribution in [3.8, 4) is 23.1 Å². The zero-order valence-electron chi connectivity index (χ0n) is 12.5. The molecule has 0 aliphatic heterocycles. The van der Waals surface area contributed by atoms with E-state index < -0.39 is 0 Å². The van der Waals surface area contributed by atoms with Gasteiger partial charge in [0.1, 0.15) is 0 Å². The van der Waals surface area contributed by atoms with Crippen LogP contribution in [0.1, 0.15) is 17.1 Å². The maximum Gasteiger partial charge on any atom is 0.296 e. The quantitative estimate of drug-likeness (QED) is 0.716. The fraction of sp³-hybridized carbons (Fsp3) is 0.267. The highest BCUT2D eigenvalue weighted by Crippen LogP contribution is 2.28. The zero-order chi connectivity index (χ0) is 15.5. The molecule has 0 aliphatic carbocycles. The highest BCUT2D eigenvalue weighted by molar-refractivity contribution is 5.45. The van der Waals surface area contributed by atoms with E-state index in [9.17, 15) is 0 Å². The molecule has 7 heteroatoms. The molecule has 0 amide bonds. The normalized spacial score (nSPS) is 10.7. The van der Waals surface area contributed by atoms with Crippen LogP contribution in [0.4, 0.5) is 0 Å². The molecule has 0 radical (unpaired) electrons. The van der Waals surface area contributed by atoms with Crippen molar-refractivity contribution < 1.29 is 18.5 Å². The summed E-state index contributed by atoms with van der Waals surface area (Å²) in [6.07, 6.45) is 0.511. The van der Waals surface area contributed by atoms with E-state index in [4.69, 9.17) is 18.5 Å². The van der Waals surface area contributed by atoms with Gasteiger partial charge in [0.15, 0.2) is 17.3 Å². The van der Waals surface area contributed by atoms with Crippen LogP contribution in [0, 0.1) is 6.92 Å². The molecule has 0 unspecified atom stereocenters. The number of aromatic nitrogens is 3. The third-order valence-corrected chi connectivity index (χ3v) is 3.12. The minimum atomic E-state index is 0.316. The van der Waals surface area contributed by atoms with Gasteiger partial charge in [0.2, 0.25) is 5.76 Å². The Morgan fingerprint density at radius 1 is 1.00 bits per heavy atom. The molecule has 3 rings (SSSR count). The zero-order valence-corrected chi connectivity index (χ0v) is 12.5. The molecule has 22 heavy (non-hydrogen) atoms. The van der Waals surface area contributed by atoms with Gasteiger partial charge in [0.05, 0.1) is 19.9 Å². The Bertz CT molecular complexity index is 779. The second-order valence-corrected chi connectivity index (χ2v) is 4.71. The highest BCUT2D eigenvalue weighted by Gasteiger charge is 2.14. The summed E-state index contributed by atoms with van der Waals surface area (Å²) in [6, 6.07) is 7.39. The summed E-state index contributed by atoms with van der Waals surface area (Å²) in [5.74, 6) is 2.67. The van der Waals surface area contributed by atoms with Crippen molar-refractivity contribution in [2.45, 2.75) is 13.3 Å². The maximum absolute atomic E-state index is 5.28. The third-order valence-electron chi connectivity index (χ3n) is 3.12. The second kappa shape index (κ2) is 5.88. The Kier molecular flexibility index (Phi) is 3.78. The minimum Gasteiger partial charge on any atom is -0.493 e. The fourth-order valence-corrected chi connectivity index (χ4v) is 2.06. The molecule has 0 saturated carbocycles. The molecule has 0 atom stereocenters. The smallest absolute Gasteiger partial charge is 0.296 e. The van der Waals surface area contributed by atoms with Gasteiger partial charge in [-0.05, 0) is 24.6 Å². The molecule has 0 saturated heterocycles. The molecule has 0 aliphatic rings. The first-order valence-corrected chi connectivity index (χ1v) is 6.67. The van der Waals surface area contributed by atoms with E-state index >= 15 is 0 Å². The first kappa shape index (κ1) is 14.1. The van der Waals surface area contributed by atoms with Crippen molar-refractivity contribution in [2.24, 2.45) is 0 Å². The lowest BCUT2D eigenvalue weighted by Gasteiger charge is -2.08. The van der Waals surface area contributed by atoms with Gasteiger partial charge in [-0.1, -0.05) is 16.4 Å². The first-order chi connectivity index (χ1) is 10.7. The molecule has 0 bridgehead atoms. The summed E-state index contributed by atoms with van der Waals surface area (Å²) in [7, 11) is 3.20. The Morgan fingerprint density at radius 3 is 2.50 bits per heavy atom. The van der Waals surface area contributed by atoms with Gasteiger partial charge in [-0.2, -0.15) is 4.98 Å².